The molecule has 2 heterocycles. The second-order valence-corrected chi connectivity index (χ2v) is 13.4. The lowest BCUT2D eigenvalue weighted by Gasteiger charge is -2.31. The van der Waals surface area contributed by atoms with Crippen LogP contribution in [0.2, 0.25) is 0 Å². The van der Waals surface area contributed by atoms with Crippen molar-refractivity contribution >= 4 is 31.4 Å². The zero-order chi connectivity index (χ0) is 27.5. The summed E-state index contributed by atoms with van der Waals surface area (Å²) in [6.45, 7) is 1.98. The Morgan fingerprint density at radius 3 is 2.03 bits per heavy atom. The number of carbonyl (C=O) groups is 1. The number of amides is 1. The third-order valence-corrected chi connectivity index (χ3v) is 9.78. The van der Waals surface area contributed by atoms with Gasteiger partial charge in [0.25, 0.3) is 0 Å². The number of anilines is 1. The van der Waals surface area contributed by atoms with Gasteiger partial charge >= 0.3 is 12.4 Å². The van der Waals surface area contributed by atoms with E-state index >= 15 is 0 Å². The number of halogens is 6. The standard InChI is InChI=1S/C21H20F6N2O5S2.CH4/c1-19(2,36(33,34)15-6-4-5-12(7-15)20(22,23)24)14-9-17(30)29(11-14)18-16(35(3,31)32)8-13(10-28-18)21(25,26)27;/h4-8,10,14H,9,11H2,1-3H3;1H4/t14-;/m0./s1. The quantitative estimate of drug-likeness (QED) is 0.477. The van der Waals surface area contributed by atoms with Crippen molar-refractivity contribution < 1.29 is 48.0 Å². The van der Waals surface area contributed by atoms with Gasteiger partial charge in [0.1, 0.15) is 4.90 Å². The summed E-state index contributed by atoms with van der Waals surface area (Å²) in [6, 6.07) is 3.44. The van der Waals surface area contributed by atoms with Crippen LogP contribution >= 0.6 is 0 Å². The zero-order valence-electron chi connectivity index (χ0n) is 19.0. The van der Waals surface area contributed by atoms with Crippen molar-refractivity contribution in [3.63, 3.8) is 0 Å². The fourth-order valence-electron chi connectivity index (χ4n) is 3.81. The highest BCUT2D eigenvalue weighted by Gasteiger charge is 2.49. The molecule has 0 spiro atoms. The van der Waals surface area contributed by atoms with Gasteiger partial charge in [-0.15, -0.1) is 0 Å². The first-order valence-corrected chi connectivity index (χ1v) is 13.5. The highest BCUT2D eigenvalue weighted by Crippen LogP contribution is 2.42. The van der Waals surface area contributed by atoms with Crippen LogP contribution in [0.15, 0.2) is 46.3 Å². The maximum atomic E-state index is 13.3. The van der Waals surface area contributed by atoms with Crippen molar-refractivity contribution in [2.75, 3.05) is 17.7 Å². The van der Waals surface area contributed by atoms with E-state index in [1.807, 2.05) is 0 Å². The lowest BCUT2D eigenvalue weighted by atomic mass is 9.94. The summed E-state index contributed by atoms with van der Waals surface area (Å²) in [6.07, 6.45) is -9.18. The monoisotopic (exact) mass is 574 g/mol. The topological polar surface area (TPSA) is 101 Å². The summed E-state index contributed by atoms with van der Waals surface area (Å²) >= 11 is 0. The Labute approximate surface area is 210 Å². The Balaban J connectivity index is 0.00000481. The molecule has 0 bridgehead atoms. The van der Waals surface area contributed by atoms with Crippen LogP contribution in [0, 0.1) is 5.92 Å². The van der Waals surface area contributed by atoms with Gasteiger partial charge in [-0.1, -0.05) is 13.5 Å². The number of carbonyl (C=O) groups excluding carboxylic acids is 1. The van der Waals surface area contributed by atoms with E-state index in [1.54, 1.807) is 0 Å². The molecule has 1 amide bonds. The van der Waals surface area contributed by atoms with Gasteiger partial charge in [-0.2, -0.15) is 26.3 Å². The third-order valence-electron chi connectivity index (χ3n) is 6.09. The van der Waals surface area contributed by atoms with Crippen molar-refractivity contribution in [2.24, 2.45) is 5.92 Å². The Bertz CT molecular complexity index is 1420. The summed E-state index contributed by atoms with van der Waals surface area (Å²) in [5.41, 5.74) is -2.54. The fourth-order valence-corrected chi connectivity index (χ4v) is 6.39. The molecule has 1 atom stereocenters. The van der Waals surface area contributed by atoms with Crippen molar-refractivity contribution in [1.82, 2.24) is 4.98 Å². The van der Waals surface area contributed by atoms with Gasteiger partial charge in [0.05, 0.1) is 20.8 Å². The molecule has 15 heteroatoms. The molecule has 1 aliphatic rings. The molecule has 1 fully saturated rings. The van der Waals surface area contributed by atoms with E-state index in [2.05, 4.69) is 4.98 Å². The predicted octanol–water partition coefficient (Wildman–Crippen LogP) is 4.76. The van der Waals surface area contributed by atoms with E-state index < -0.39 is 88.3 Å². The Morgan fingerprint density at radius 2 is 1.51 bits per heavy atom. The second-order valence-electron chi connectivity index (χ2n) is 8.85. The van der Waals surface area contributed by atoms with Gasteiger partial charge in [0.15, 0.2) is 25.5 Å². The van der Waals surface area contributed by atoms with Crippen molar-refractivity contribution in [2.45, 2.75) is 54.6 Å². The fraction of sp³-hybridized carbons (Fsp3) is 0.455. The summed E-state index contributed by atoms with van der Waals surface area (Å²) in [7, 11) is -8.77. The van der Waals surface area contributed by atoms with Crippen LogP contribution in [0.5, 0.6) is 0 Å². The first-order valence-electron chi connectivity index (χ1n) is 10.2. The lowest BCUT2D eigenvalue weighted by molar-refractivity contribution is -0.138. The Kier molecular flexibility index (Phi) is 7.90. The van der Waals surface area contributed by atoms with Gasteiger partial charge in [0, 0.05) is 31.3 Å². The molecule has 1 saturated heterocycles. The number of aromatic nitrogens is 1. The highest BCUT2D eigenvalue weighted by atomic mass is 32.2. The summed E-state index contributed by atoms with van der Waals surface area (Å²) in [4.78, 5) is 15.6. The molecule has 3 rings (SSSR count). The molecule has 0 radical (unpaired) electrons. The van der Waals surface area contributed by atoms with Crippen LogP contribution in [0.1, 0.15) is 38.8 Å². The molecule has 0 N–H and O–H groups in total. The number of hydrogen-bond donors (Lipinski definition) is 0. The smallest absolute Gasteiger partial charge is 0.295 e. The van der Waals surface area contributed by atoms with Crippen LogP contribution < -0.4 is 4.90 Å². The average Bonchev–Trinajstić information content (AvgIpc) is 3.13. The largest absolute Gasteiger partial charge is 0.417 e. The molecule has 2 aromatic rings. The lowest BCUT2D eigenvalue weighted by Crippen LogP contribution is -2.41. The van der Waals surface area contributed by atoms with Gasteiger partial charge < -0.3 is 0 Å². The van der Waals surface area contributed by atoms with Crippen molar-refractivity contribution in [3.8, 4) is 0 Å². The van der Waals surface area contributed by atoms with Gasteiger partial charge in [0.2, 0.25) is 5.91 Å². The van der Waals surface area contributed by atoms with Crippen LogP contribution in [-0.2, 0) is 36.8 Å². The van der Waals surface area contributed by atoms with Crippen LogP contribution in [0.3, 0.4) is 0 Å². The number of rotatable bonds is 5. The van der Waals surface area contributed by atoms with E-state index in [1.165, 1.54) is 13.8 Å². The third kappa shape index (κ3) is 5.76. The molecule has 0 aliphatic carbocycles. The molecular weight excluding hydrogens is 550 g/mol. The minimum atomic E-state index is -4.91. The van der Waals surface area contributed by atoms with E-state index in [0.29, 0.717) is 30.7 Å². The van der Waals surface area contributed by atoms with E-state index in [9.17, 15) is 48.0 Å². The number of pyridine rings is 1. The number of nitrogens with zero attached hydrogens (tertiary/aromatic N) is 2. The van der Waals surface area contributed by atoms with Crippen LogP contribution in [-0.4, -0.2) is 45.3 Å². The van der Waals surface area contributed by atoms with Gasteiger partial charge in [-0.25, -0.2) is 21.8 Å². The summed E-state index contributed by atoms with van der Waals surface area (Å²) in [5.74, 6) is -2.45. The molecular formula is C22H24F6N2O5S2. The molecule has 1 aromatic heterocycles. The van der Waals surface area contributed by atoms with E-state index in [0.717, 1.165) is 17.0 Å². The maximum Gasteiger partial charge on any atom is 0.417 e. The first kappa shape index (κ1) is 30.5. The minimum Gasteiger partial charge on any atom is -0.295 e. The molecule has 1 aliphatic heterocycles. The first-order chi connectivity index (χ1) is 16.2. The van der Waals surface area contributed by atoms with Crippen LogP contribution in [0.25, 0.3) is 0 Å². The predicted molar refractivity (Wildman–Crippen MR) is 122 cm³/mol. The SMILES string of the molecule is C.CC(C)([C@H]1CC(=O)N(c2ncc(C(F)(F)F)cc2S(C)(=O)=O)C1)S(=O)(=O)c1cccc(C(F)(F)F)c1. The zero-order valence-corrected chi connectivity index (χ0v) is 20.6. The number of sulfone groups is 2. The molecule has 1 aromatic carbocycles. The average molecular weight is 575 g/mol. The van der Waals surface area contributed by atoms with Crippen molar-refractivity contribution in [1.29, 1.82) is 0 Å². The van der Waals surface area contributed by atoms with E-state index in [4.69, 9.17) is 0 Å². The number of benzene rings is 1. The molecule has 7 nitrogen and oxygen atoms in total. The number of hydrogen-bond acceptors (Lipinski definition) is 6. The second kappa shape index (κ2) is 9.57. The molecule has 206 valence electrons. The normalized spacial score (nSPS) is 17.6. The van der Waals surface area contributed by atoms with Crippen LogP contribution in [0.4, 0.5) is 32.2 Å². The highest BCUT2D eigenvalue weighted by molar-refractivity contribution is 7.92. The Hall–Kier alpha value is -2.68. The van der Waals surface area contributed by atoms with Gasteiger partial charge in [-0.05, 0) is 38.1 Å². The summed E-state index contributed by atoms with van der Waals surface area (Å²) < 4.78 is 128. The summed E-state index contributed by atoms with van der Waals surface area (Å²) in [5, 5.41) is 0. The number of alkyl halides is 6. The van der Waals surface area contributed by atoms with Gasteiger partial charge in [-0.3, -0.25) is 9.69 Å². The van der Waals surface area contributed by atoms with Crippen molar-refractivity contribution in [3.05, 3.63) is 47.7 Å². The molecule has 0 saturated carbocycles. The maximum absolute atomic E-state index is 13.3. The minimum absolute atomic E-state index is 0. The molecule has 0 unspecified atom stereocenters. The Morgan fingerprint density at radius 1 is 0.946 bits per heavy atom. The molecule has 37 heavy (non-hydrogen) atoms. The van der Waals surface area contributed by atoms with E-state index in [-0.39, 0.29) is 7.43 Å².